The fraction of sp³-hybridized carbons (Fsp3) is 0.0667. The highest BCUT2D eigenvalue weighted by Crippen LogP contribution is 2.25. The largest absolute Gasteiger partial charge is 0.466 e. The van der Waals surface area contributed by atoms with Crippen LogP contribution in [-0.4, -0.2) is 34.8 Å². The van der Waals surface area contributed by atoms with Gasteiger partial charge in [-0.25, -0.2) is 4.68 Å². The van der Waals surface area contributed by atoms with Crippen molar-refractivity contribution in [3.8, 4) is 23.1 Å². The lowest BCUT2D eigenvalue weighted by Crippen LogP contribution is -2.02. The lowest BCUT2D eigenvalue weighted by molar-refractivity contribution is 0.380. The van der Waals surface area contributed by atoms with Crippen molar-refractivity contribution in [1.82, 2.24) is 14.8 Å². The van der Waals surface area contributed by atoms with Crippen LogP contribution in [0.3, 0.4) is 0 Å². The molecule has 0 radical (unpaired) electrons. The Labute approximate surface area is 146 Å². The van der Waals surface area contributed by atoms with Crippen molar-refractivity contribution in [3.63, 3.8) is 0 Å². The van der Waals surface area contributed by atoms with Crippen LogP contribution >= 0.6 is 15.9 Å². The van der Waals surface area contributed by atoms with Gasteiger partial charge in [-0.2, -0.15) is 13.4 Å². The van der Waals surface area contributed by atoms with Gasteiger partial charge in [-0.05, 0) is 36.4 Å². The maximum atomic E-state index is 11.1. The third-order valence-electron chi connectivity index (χ3n) is 3.25. The average Bonchev–Trinajstić information content (AvgIpc) is 2.99. The molecule has 9 heteroatoms. The van der Waals surface area contributed by atoms with Gasteiger partial charge < -0.3 is 4.74 Å². The topological polar surface area (TPSA) is 94.3 Å². The molecule has 0 amide bonds. The molecule has 24 heavy (non-hydrogen) atoms. The van der Waals surface area contributed by atoms with E-state index in [9.17, 15) is 8.42 Å². The molecule has 2 aromatic carbocycles. The zero-order valence-corrected chi connectivity index (χ0v) is 14.8. The summed E-state index contributed by atoms with van der Waals surface area (Å²) in [7, 11) is -2.78. The molecule has 1 heterocycles. The minimum absolute atomic E-state index is 0.187. The number of aromatic nitrogens is 3. The number of ether oxygens (including phenoxy) is 1. The number of benzene rings is 2. The summed E-state index contributed by atoms with van der Waals surface area (Å²) in [4.78, 5) is 4.13. The van der Waals surface area contributed by atoms with Gasteiger partial charge in [-0.3, -0.25) is 4.55 Å². The summed E-state index contributed by atoms with van der Waals surface area (Å²) in [6.07, 6.45) is 0. The molecule has 0 aliphatic carbocycles. The molecule has 7 nitrogen and oxygen atoms in total. The molecule has 0 aliphatic rings. The maximum Gasteiger partial charge on any atom is 0.336 e. The fourth-order valence-electron chi connectivity index (χ4n) is 2.10. The third-order valence-corrected chi connectivity index (χ3v) is 4.65. The summed E-state index contributed by atoms with van der Waals surface area (Å²) < 4.78 is 38.9. The van der Waals surface area contributed by atoms with E-state index in [0.29, 0.717) is 11.5 Å². The molecule has 0 spiro atoms. The lowest BCUT2D eigenvalue weighted by Gasteiger charge is -2.06. The second-order valence-electron chi connectivity index (χ2n) is 4.81. The number of halogens is 1. The highest BCUT2D eigenvalue weighted by molar-refractivity contribution is 9.10. The first-order valence-corrected chi connectivity index (χ1v) is 8.97. The molecule has 1 N–H and O–H groups in total. The summed E-state index contributed by atoms with van der Waals surface area (Å²) in [6.45, 7) is 0. The number of nitrogens with zero attached hydrogens (tertiary/aromatic N) is 3. The van der Waals surface area contributed by atoms with Crippen LogP contribution in [0.2, 0.25) is 0 Å². The molecule has 0 saturated heterocycles. The monoisotopic (exact) mass is 409 g/mol. The molecule has 0 fully saturated rings. The van der Waals surface area contributed by atoms with E-state index in [4.69, 9.17) is 9.29 Å². The summed E-state index contributed by atoms with van der Waals surface area (Å²) in [5.41, 5.74) is 1.39. The number of hydrogen-bond acceptors (Lipinski definition) is 5. The number of hydrogen-bond donors (Lipinski definition) is 1. The second kappa shape index (κ2) is 6.34. The summed E-state index contributed by atoms with van der Waals surface area (Å²) in [5, 5.41) is 4.25. The van der Waals surface area contributed by atoms with Gasteiger partial charge in [0.05, 0.1) is 17.7 Å². The SMILES string of the molecule is COc1nc(-c2ccc(Br)cc2)n(-c2ccc(S(=O)(=O)O)cc2)n1. The summed E-state index contributed by atoms with van der Waals surface area (Å²) in [5.74, 6) is 0.541. The van der Waals surface area contributed by atoms with E-state index in [1.165, 1.54) is 36.1 Å². The molecule has 0 saturated carbocycles. The molecular formula is C15H12BrN3O4S. The average molecular weight is 410 g/mol. The highest BCUT2D eigenvalue weighted by atomic mass is 79.9. The first-order chi connectivity index (χ1) is 11.4. The van der Waals surface area contributed by atoms with Crippen molar-refractivity contribution in [2.24, 2.45) is 0 Å². The molecule has 0 aliphatic heterocycles. The Morgan fingerprint density at radius 1 is 1.08 bits per heavy atom. The van der Waals surface area contributed by atoms with Crippen molar-refractivity contribution >= 4 is 26.0 Å². The van der Waals surface area contributed by atoms with Crippen LogP contribution in [0, 0.1) is 0 Å². The Kier molecular flexibility index (Phi) is 4.39. The van der Waals surface area contributed by atoms with E-state index >= 15 is 0 Å². The van der Waals surface area contributed by atoms with Crippen LogP contribution in [-0.2, 0) is 10.1 Å². The van der Waals surface area contributed by atoms with E-state index in [1.807, 2.05) is 24.3 Å². The number of methoxy groups -OCH3 is 1. The van der Waals surface area contributed by atoms with Gasteiger partial charge in [0.15, 0.2) is 5.82 Å². The van der Waals surface area contributed by atoms with Crippen molar-refractivity contribution in [3.05, 3.63) is 53.0 Å². The summed E-state index contributed by atoms with van der Waals surface area (Å²) >= 11 is 3.38. The fourth-order valence-corrected chi connectivity index (χ4v) is 2.85. The van der Waals surface area contributed by atoms with Crippen LogP contribution in [0.5, 0.6) is 6.01 Å². The quantitative estimate of drug-likeness (QED) is 0.665. The van der Waals surface area contributed by atoms with E-state index in [0.717, 1.165) is 10.0 Å². The van der Waals surface area contributed by atoms with E-state index in [1.54, 1.807) is 0 Å². The van der Waals surface area contributed by atoms with E-state index in [-0.39, 0.29) is 10.9 Å². The van der Waals surface area contributed by atoms with Gasteiger partial charge in [0.25, 0.3) is 10.1 Å². The standard InChI is InChI=1S/C15H12BrN3O4S/c1-23-15-17-14(10-2-4-11(16)5-3-10)19(18-15)12-6-8-13(9-7-12)24(20,21)22/h2-9H,1H3,(H,20,21,22). The first kappa shape index (κ1) is 16.6. The second-order valence-corrected chi connectivity index (χ2v) is 7.15. The Morgan fingerprint density at radius 3 is 2.25 bits per heavy atom. The zero-order valence-electron chi connectivity index (χ0n) is 12.4. The van der Waals surface area contributed by atoms with Gasteiger partial charge in [0.2, 0.25) is 0 Å². The van der Waals surface area contributed by atoms with E-state index < -0.39 is 10.1 Å². The first-order valence-electron chi connectivity index (χ1n) is 6.73. The minimum atomic E-state index is -4.24. The highest BCUT2D eigenvalue weighted by Gasteiger charge is 2.15. The Bertz CT molecular complexity index is 967. The predicted molar refractivity (Wildman–Crippen MR) is 90.9 cm³/mol. The Morgan fingerprint density at radius 2 is 1.71 bits per heavy atom. The summed E-state index contributed by atoms with van der Waals surface area (Å²) in [6, 6.07) is 13.3. The van der Waals surface area contributed by atoms with E-state index in [2.05, 4.69) is 26.0 Å². The number of rotatable bonds is 4. The molecular weight excluding hydrogens is 398 g/mol. The van der Waals surface area contributed by atoms with Gasteiger partial charge in [-0.15, -0.1) is 5.10 Å². The minimum Gasteiger partial charge on any atom is -0.466 e. The molecule has 0 bridgehead atoms. The smallest absolute Gasteiger partial charge is 0.336 e. The molecule has 3 rings (SSSR count). The van der Waals surface area contributed by atoms with Gasteiger partial charge in [-0.1, -0.05) is 28.1 Å². The van der Waals surface area contributed by atoms with Crippen molar-refractivity contribution in [2.45, 2.75) is 4.90 Å². The molecule has 124 valence electrons. The molecule has 3 aromatic rings. The molecule has 0 unspecified atom stereocenters. The van der Waals surface area contributed by atoms with Crippen LogP contribution in [0.15, 0.2) is 57.9 Å². The molecule has 1 aromatic heterocycles. The van der Waals surface area contributed by atoms with Crippen LogP contribution < -0.4 is 4.74 Å². The Balaban J connectivity index is 2.10. The Hall–Kier alpha value is -2.23. The van der Waals surface area contributed by atoms with Gasteiger partial charge >= 0.3 is 6.01 Å². The van der Waals surface area contributed by atoms with Crippen LogP contribution in [0.1, 0.15) is 0 Å². The predicted octanol–water partition coefficient (Wildman–Crippen LogP) is 2.95. The zero-order chi connectivity index (χ0) is 17.3. The van der Waals surface area contributed by atoms with Crippen LogP contribution in [0.4, 0.5) is 0 Å². The van der Waals surface area contributed by atoms with Crippen molar-refractivity contribution in [2.75, 3.05) is 7.11 Å². The lowest BCUT2D eigenvalue weighted by atomic mass is 10.2. The maximum absolute atomic E-state index is 11.1. The van der Waals surface area contributed by atoms with Crippen molar-refractivity contribution in [1.29, 1.82) is 0 Å². The van der Waals surface area contributed by atoms with Gasteiger partial charge in [0.1, 0.15) is 0 Å². The normalized spacial score (nSPS) is 11.5. The molecule has 0 atom stereocenters. The van der Waals surface area contributed by atoms with Crippen molar-refractivity contribution < 1.29 is 17.7 Å². The third kappa shape index (κ3) is 3.32. The van der Waals surface area contributed by atoms with Crippen LogP contribution in [0.25, 0.3) is 17.1 Å². The van der Waals surface area contributed by atoms with Gasteiger partial charge in [0, 0.05) is 10.0 Å².